The second-order valence-electron chi connectivity index (χ2n) is 10.2. The summed E-state index contributed by atoms with van der Waals surface area (Å²) in [5.74, 6) is 5.79. The molecular weight excluding hydrogens is 510 g/mol. The molecule has 0 saturated carbocycles. The molecule has 2 aromatic carbocycles. The highest BCUT2D eigenvalue weighted by atomic mass is 16.2. The Labute approximate surface area is 245 Å². The van der Waals surface area contributed by atoms with E-state index in [2.05, 4.69) is 43.0 Å². The van der Waals surface area contributed by atoms with E-state index in [4.69, 9.17) is 4.99 Å². The fraction of sp³-hybridized carbons (Fsp3) is 0.353. The summed E-state index contributed by atoms with van der Waals surface area (Å²) in [4.78, 5) is 35.0. The molecule has 3 rings (SSSR count). The summed E-state index contributed by atoms with van der Waals surface area (Å²) in [6, 6.07) is 14.7. The Hall–Kier alpha value is -4.80. The van der Waals surface area contributed by atoms with E-state index in [0.717, 1.165) is 34.5 Å². The molecular formula is C34H39N5O2. The minimum absolute atomic E-state index is 0.0972. The lowest BCUT2D eigenvalue weighted by molar-refractivity contribution is -0.121. The maximum atomic E-state index is 14.1. The molecule has 3 amide bonds. The molecule has 0 saturated heterocycles. The second kappa shape index (κ2) is 15.1. The summed E-state index contributed by atoms with van der Waals surface area (Å²) < 4.78 is 0. The summed E-state index contributed by atoms with van der Waals surface area (Å²) in [6.45, 7) is 10.1. The van der Waals surface area contributed by atoms with Gasteiger partial charge in [0.2, 0.25) is 5.91 Å². The number of carbonyl (C=O) groups is 2. The average molecular weight is 550 g/mol. The van der Waals surface area contributed by atoms with Crippen molar-refractivity contribution in [3.8, 4) is 30.8 Å². The number of imide groups is 1. The second-order valence-corrected chi connectivity index (χ2v) is 10.2. The van der Waals surface area contributed by atoms with Crippen LogP contribution in [0.25, 0.3) is 0 Å². The normalized spacial score (nSPS) is 16.1. The van der Waals surface area contributed by atoms with Crippen LogP contribution in [0.15, 0.2) is 59.2 Å². The number of amides is 3. The van der Waals surface area contributed by atoms with Crippen LogP contribution in [0.3, 0.4) is 0 Å². The number of amidine groups is 1. The van der Waals surface area contributed by atoms with Crippen molar-refractivity contribution in [1.82, 2.24) is 10.2 Å². The van der Waals surface area contributed by atoms with Gasteiger partial charge < -0.3 is 10.2 Å². The van der Waals surface area contributed by atoms with Gasteiger partial charge in [-0.25, -0.2) is 9.69 Å². The first-order valence-electron chi connectivity index (χ1n) is 13.5. The third-order valence-electron chi connectivity index (χ3n) is 6.81. The van der Waals surface area contributed by atoms with Gasteiger partial charge in [0.1, 0.15) is 5.84 Å². The Balaban J connectivity index is 0.00000287. The molecule has 41 heavy (non-hydrogen) atoms. The van der Waals surface area contributed by atoms with E-state index < -0.39 is 11.9 Å². The molecule has 0 aliphatic carbocycles. The quantitative estimate of drug-likeness (QED) is 0.443. The van der Waals surface area contributed by atoms with Crippen molar-refractivity contribution < 1.29 is 9.59 Å². The number of anilines is 1. The van der Waals surface area contributed by atoms with Crippen LogP contribution < -0.4 is 10.2 Å². The lowest BCUT2D eigenvalue weighted by atomic mass is 9.85. The molecule has 1 heterocycles. The predicted molar refractivity (Wildman–Crippen MR) is 166 cm³/mol. The van der Waals surface area contributed by atoms with Crippen molar-refractivity contribution in [1.29, 1.82) is 5.26 Å². The number of hydrogen-bond acceptors (Lipinski definition) is 4. The molecule has 212 valence electrons. The molecule has 1 N–H and O–H groups in total. The minimum atomic E-state index is -0.596. The highest BCUT2D eigenvalue weighted by Crippen LogP contribution is 2.30. The molecule has 0 radical (unpaired) electrons. The Morgan fingerprint density at radius 2 is 1.73 bits per heavy atom. The maximum Gasteiger partial charge on any atom is 0.330 e. The molecule has 3 atom stereocenters. The third kappa shape index (κ3) is 8.34. The standard InChI is InChI=1S/C32H37N5O2.C2H2/c1-8-25-10-9-23(4)30(34-19-25)35-20-29(27-13-11-26(18-33)12-14-27)24(5)31(38)37(32(39)36(6)7)28-16-21(2)15-22(3)17-28;1-2/h11-17,19,23-24,29H,8,20H2,1-7H3,(H,34,35);1-2H/t23?,24-,29+;/m0./s1. The van der Waals surface area contributed by atoms with Gasteiger partial charge in [-0.15, -0.1) is 12.8 Å². The molecule has 1 unspecified atom stereocenters. The van der Waals surface area contributed by atoms with Crippen molar-refractivity contribution in [2.75, 3.05) is 25.5 Å². The highest BCUT2D eigenvalue weighted by Gasteiger charge is 2.34. The Morgan fingerprint density at radius 3 is 2.27 bits per heavy atom. The monoisotopic (exact) mass is 549 g/mol. The lowest BCUT2D eigenvalue weighted by Crippen LogP contribution is -2.47. The van der Waals surface area contributed by atoms with Gasteiger partial charge in [-0.3, -0.25) is 9.79 Å². The van der Waals surface area contributed by atoms with E-state index in [1.54, 1.807) is 26.2 Å². The first kappa shape index (κ1) is 32.4. The Bertz CT molecular complexity index is 1410. The fourth-order valence-corrected chi connectivity index (χ4v) is 4.51. The average Bonchev–Trinajstić information content (AvgIpc) is 3.14. The number of hydrogen-bond donors (Lipinski definition) is 1. The minimum Gasteiger partial charge on any atom is -0.348 e. The van der Waals surface area contributed by atoms with Gasteiger partial charge in [-0.1, -0.05) is 43.9 Å². The van der Waals surface area contributed by atoms with Gasteiger partial charge in [0.25, 0.3) is 0 Å². The number of benzene rings is 2. The first-order chi connectivity index (χ1) is 19.5. The van der Waals surface area contributed by atoms with Crippen molar-refractivity contribution in [3.05, 3.63) is 76.5 Å². The van der Waals surface area contributed by atoms with Gasteiger partial charge in [-0.05, 0) is 68.1 Å². The molecule has 7 nitrogen and oxygen atoms in total. The van der Waals surface area contributed by atoms with Crippen LogP contribution in [0.1, 0.15) is 55.4 Å². The van der Waals surface area contributed by atoms with E-state index in [-0.39, 0.29) is 17.7 Å². The zero-order valence-electron chi connectivity index (χ0n) is 25.0. The number of terminal acetylenes is 1. The third-order valence-corrected chi connectivity index (χ3v) is 6.81. The van der Waals surface area contributed by atoms with Crippen molar-refractivity contribution in [2.24, 2.45) is 16.8 Å². The molecule has 1 aliphatic rings. The SMILES string of the molecule is C#C.CCC1=CNC(=NC[C@@H](c2ccc(C#N)cc2)[C@H](C)C(=O)N(C(=O)N(C)C)c2cc(C)cc(C)c2)C(C)C#C1. The zero-order chi connectivity index (χ0) is 30.7. The van der Waals surface area contributed by atoms with E-state index in [1.165, 1.54) is 9.80 Å². The summed E-state index contributed by atoms with van der Waals surface area (Å²) in [7, 11) is 3.27. The summed E-state index contributed by atoms with van der Waals surface area (Å²) in [5.41, 5.74) is 4.88. The number of nitrogens with one attached hydrogen (secondary N) is 1. The number of urea groups is 1. The van der Waals surface area contributed by atoms with Crippen LogP contribution in [0.2, 0.25) is 0 Å². The number of aryl methyl sites for hydroxylation is 2. The Morgan fingerprint density at radius 1 is 1.12 bits per heavy atom. The van der Waals surface area contributed by atoms with Crippen LogP contribution in [0, 0.1) is 61.7 Å². The van der Waals surface area contributed by atoms with Gasteiger partial charge in [0.05, 0.1) is 23.2 Å². The molecule has 0 spiro atoms. The van der Waals surface area contributed by atoms with Crippen LogP contribution in [-0.2, 0) is 4.79 Å². The highest BCUT2D eigenvalue weighted by molar-refractivity contribution is 6.15. The summed E-state index contributed by atoms with van der Waals surface area (Å²) >= 11 is 0. The molecule has 7 heteroatoms. The van der Waals surface area contributed by atoms with E-state index in [9.17, 15) is 14.9 Å². The summed E-state index contributed by atoms with van der Waals surface area (Å²) in [6.07, 6.45) is 10.7. The molecule has 0 fully saturated rings. The van der Waals surface area contributed by atoms with E-state index in [0.29, 0.717) is 17.8 Å². The van der Waals surface area contributed by atoms with Gasteiger partial charge in [0, 0.05) is 44.2 Å². The molecule has 0 aromatic heterocycles. The van der Waals surface area contributed by atoms with Crippen molar-refractivity contribution >= 4 is 23.5 Å². The van der Waals surface area contributed by atoms with E-state index >= 15 is 0 Å². The maximum absolute atomic E-state index is 14.1. The fourth-order valence-electron chi connectivity index (χ4n) is 4.51. The predicted octanol–water partition coefficient (Wildman–Crippen LogP) is 5.79. The number of nitriles is 1. The molecule has 0 bridgehead atoms. The van der Waals surface area contributed by atoms with Crippen LogP contribution in [-0.4, -0.2) is 43.3 Å². The number of nitrogens with zero attached hydrogens (tertiary/aromatic N) is 4. The topological polar surface area (TPSA) is 88.8 Å². The number of allylic oxidation sites excluding steroid dienone is 1. The Kier molecular flexibility index (Phi) is 11.9. The van der Waals surface area contributed by atoms with E-state index in [1.807, 2.05) is 64.2 Å². The summed E-state index contributed by atoms with van der Waals surface area (Å²) in [5, 5.41) is 12.6. The van der Waals surface area contributed by atoms with Crippen LogP contribution in [0.5, 0.6) is 0 Å². The van der Waals surface area contributed by atoms with Gasteiger partial charge in [-0.2, -0.15) is 5.26 Å². The number of carbonyl (C=O) groups excluding carboxylic acids is 2. The van der Waals surface area contributed by atoms with Gasteiger partial charge >= 0.3 is 6.03 Å². The molecule has 2 aromatic rings. The van der Waals surface area contributed by atoms with Gasteiger partial charge in [0.15, 0.2) is 0 Å². The van der Waals surface area contributed by atoms with Crippen molar-refractivity contribution in [2.45, 2.75) is 47.0 Å². The van der Waals surface area contributed by atoms with Crippen molar-refractivity contribution in [3.63, 3.8) is 0 Å². The first-order valence-corrected chi connectivity index (χ1v) is 13.5. The number of aliphatic imine (C=N–C) groups is 1. The number of rotatable bonds is 7. The van der Waals surface area contributed by atoms with Crippen LogP contribution >= 0.6 is 0 Å². The molecule has 1 aliphatic heterocycles. The lowest BCUT2D eigenvalue weighted by Gasteiger charge is -2.31. The largest absolute Gasteiger partial charge is 0.348 e. The zero-order valence-corrected chi connectivity index (χ0v) is 25.0. The smallest absolute Gasteiger partial charge is 0.330 e. The van der Waals surface area contributed by atoms with Crippen LogP contribution in [0.4, 0.5) is 10.5 Å².